The molecular formula is C25H26ClN5. The Kier molecular flexibility index (Phi) is 7.38. The lowest BCUT2D eigenvalue weighted by atomic mass is 9.99. The predicted octanol–water partition coefficient (Wildman–Crippen LogP) is 7.15. The molecule has 0 saturated heterocycles. The van der Waals surface area contributed by atoms with Crippen LogP contribution in [-0.2, 0) is 12.8 Å². The Bertz CT molecular complexity index is 1140. The highest BCUT2D eigenvalue weighted by molar-refractivity contribution is 6.32. The van der Waals surface area contributed by atoms with Crippen LogP contribution in [0.4, 0.5) is 17.2 Å². The molecule has 1 heterocycles. The molecule has 0 aliphatic carbocycles. The number of rotatable bonds is 7. The Morgan fingerprint density at radius 2 is 1.77 bits per heavy atom. The van der Waals surface area contributed by atoms with Gasteiger partial charge < -0.3 is 5.73 Å². The first-order chi connectivity index (χ1) is 14.9. The Balaban J connectivity index is 1.90. The molecule has 3 rings (SSSR count). The van der Waals surface area contributed by atoms with Crippen molar-refractivity contribution in [1.29, 1.82) is 5.26 Å². The maximum Gasteiger partial charge on any atom is 0.151 e. The molecule has 2 N–H and O–H groups in total. The number of aromatic nitrogens is 1. The van der Waals surface area contributed by atoms with E-state index >= 15 is 0 Å². The fourth-order valence-corrected chi connectivity index (χ4v) is 3.54. The maximum atomic E-state index is 9.78. The summed E-state index contributed by atoms with van der Waals surface area (Å²) < 4.78 is 0. The molecule has 0 spiro atoms. The van der Waals surface area contributed by atoms with E-state index in [0.29, 0.717) is 39.6 Å². The van der Waals surface area contributed by atoms with Gasteiger partial charge in [0, 0.05) is 6.42 Å². The molecule has 158 valence electrons. The monoisotopic (exact) mass is 431 g/mol. The van der Waals surface area contributed by atoms with Crippen molar-refractivity contribution in [3.05, 3.63) is 81.0 Å². The largest absolute Gasteiger partial charge is 0.382 e. The van der Waals surface area contributed by atoms with Crippen LogP contribution in [0.25, 0.3) is 0 Å². The molecule has 5 nitrogen and oxygen atoms in total. The van der Waals surface area contributed by atoms with Crippen LogP contribution in [0.15, 0.2) is 52.7 Å². The first-order valence-corrected chi connectivity index (χ1v) is 10.8. The third-order valence-corrected chi connectivity index (χ3v) is 5.52. The molecule has 0 fully saturated rings. The zero-order valence-electron chi connectivity index (χ0n) is 18.1. The number of anilines is 1. The molecule has 0 amide bonds. The first-order valence-electron chi connectivity index (χ1n) is 10.4. The van der Waals surface area contributed by atoms with Gasteiger partial charge in [-0.1, -0.05) is 55.3 Å². The van der Waals surface area contributed by atoms with Crippen LogP contribution in [0.3, 0.4) is 0 Å². The number of nitrogen functional groups attached to an aromatic ring is 1. The number of azo groups is 1. The van der Waals surface area contributed by atoms with Crippen molar-refractivity contribution in [3.63, 3.8) is 0 Å². The molecule has 0 aliphatic heterocycles. The average Bonchev–Trinajstić information content (AvgIpc) is 2.75. The summed E-state index contributed by atoms with van der Waals surface area (Å²) in [6, 6.07) is 16.2. The van der Waals surface area contributed by atoms with Gasteiger partial charge in [-0.25, -0.2) is 4.98 Å². The molecule has 0 unspecified atom stereocenters. The number of nitriles is 1. The highest BCUT2D eigenvalue weighted by atomic mass is 35.5. The van der Waals surface area contributed by atoms with Crippen LogP contribution in [-0.4, -0.2) is 4.98 Å². The molecule has 6 heteroatoms. The Labute approximate surface area is 188 Å². The van der Waals surface area contributed by atoms with E-state index in [0.717, 1.165) is 17.5 Å². The van der Waals surface area contributed by atoms with E-state index in [2.05, 4.69) is 52.5 Å². The molecule has 0 aliphatic rings. The standard InChI is InChI=1S/C25H26ClN5/c1-4-5-6-18-8-10-19(11-9-18)14-22-20(15-27)17(3)24(25(28)29-22)31-30-23-13-16(2)7-12-21(23)26/h7-13H,4-6,14H2,1-3H3,(H2,28,29). The van der Waals surface area contributed by atoms with Crippen molar-refractivity contribution in [1.82, 2.24) is 4.98 Å². The van der Waals surface area contributed by atoms with E-state index in [1.54, 1.807) is 6.07 Å². The van der Waals surface area contributed by atoms with E-state index in [4.69, 9.17) is 17.3 Å². The van der Waals surface area contributed by atoms with Crippen LogP contribution in [0.2, 0.25) is 5.02 Å². The SMILES string of the molecule is CCCCc1ccc(Cc2nc(N)c(N=Nc3cc(C)ccc3Cl)c(C)c2C#N)cc1. The smallest absolute Gasteiger partial charge is 0.151 e. The Morgan fingerprint density at radius 3 is 2.45 bits per heavy atom. The van der Waals surface area contributed by atoms with Gasteiger partial charge in [0.25, 0.3) is 0 Å². The summed E-state index contributed by atoms with van der Waals surface area (Å²) in [5.74, 6) is 0.249. The van der Waals surface area contributed by atoms with Gasteiger partial charge in [-0.15, -0.1) is 10.2 Å². The molecular weight excluding hydrogens is 406 g/mol. The van der Waals surface area contributed by atoms with Crippen LogP contribution < -0.4 is 5.73 Å². The van der Waals surface area contributed by atoms with Crippen molar-refractivity contribution in [2.45, 2.75) is 46.5 Å². The zero-order valence-corrected chi connectivity index (χ0v) is 18.9. The minimum atomic E-state index is 0.249. The van der Waals surface area contributed by atoms with Gasteiger partial charge in [-0.05, 0) is 61.1 Å². The molecule has 0 radical (unpaired) electrons. The lowest BCUT2D eigenvalue weighted by Crippen LogP contribution is -2.04. The van der Waals surface area contributed by atoms with Gasteiger partial charge in [0.1, 0.15) is 17.4 Å². The Morgan fingerprint density at radius 1 is 1.06 bits per heavy atom. The summed E-state index contributed by atoms with van der Waals surface area (Å²) >= 11 is 6.20. The fraction of sp³-hybridized carbons (Fsp3) is 0.280. The van der Waals surface area contributed by atoms with E-state index in [1.807, 2.05) is 26.0 Å². The summed E-state index contributed by atoms with van der Waals surface area (Å²) in [7, 11) is 0. The fourth-order valence-electron chi connectivity index (χ4n) is 3.38. The number of nitrogens with zero attached hydrogens (tertiary/aromatic N) is 4. The second kappa shape index (κ2) is 10.2. The molecule has 0 atom stereocenters. The van der Waals surface area contributed by atoms with Crippen LogP contribution in [0.1, 0.15) is 53.3 Å². The molecule has 0 bridgehead atoms. The van der Waals surface area contributed by atoms with Crippen molar-refractivity contribution in [2.75, 3.05) is 5.73 Å². The minimum Gasteiger partial charge on any atom is -0.382 e. The molecule has 31 heavy (non-hydrogen) atoms. The summed E-state index contributed by atoms with van der Waals surface area (Å²) in [5.41, 5.74) is 12.4. The summed E-state index contributed by atoms with van der Waals surface area (Å²) in [5, 5.41) is 18.8. The van der Waals surface area contributed by atoms with E-state index in [9.17, 15) is 5.26 Å². The quantitative estimate of drug-likeness (QED) is 0.402. The second-order valence-corrected chi connectivity index (χ2v) is 8.06. The molecule has 0 saturated carbocycles. The lowest BCUT2D eigenvalue weighted by molar-refractivity contribution is 0.794. The number of hydrogen-bond acceptors (Lipinski definition) is 5. The third kappa shape index (κ3) is 5.48. The third-order valence-electron chi connectivity index (χ3n) is 5.20. The van der Waals surface area contributed by atoms with Gasteiger partial charge in [0.05, 0.1) is 16.3 Å². The summed E-state index contributed by atoms with van der Waals surface area (Å²) in [4.78, 5) is 4.49. The van der Waals surface area contributed by atoms with Crippen LogP contribution in [0, 0.1) is 25.2 Å². The predicted molar refractivity (Wildman–Crippen MR) is 126 cm³/mol. The summed E-state index contributed by atoms with van der Waals surface area (Å²) in [6.07, 6.45) is 3.97. The number of nitrogens with two attached hydrogens (primary N) is 1. The summed E-state index contributed by atoms with van der Waals surface area (Å²) in [6.45, 7) is 5.96. The maximum absolute atomic E-state index is 9.78. The van der Waals surface area contributed by atoms with E-state index in [1.165, 1.54) is 18.4 Å². The van der Waals surface area contributed by atoms with Gasteiger partial charge in [-0.3, -0.25) is 0 Å². The van der Waals surface area contributed by atoms with Crippen molar-refractivity contribution >= 4 is 28.8 Å². The average molecular weight is 432 g/mol. The van der Waals surface area contributed by atoms with Gasteiger partial charge in [-0.2, -0.15) is 5.26 Å². The number of halogens is 1. The first kappa shape index (κ1) is 22.5. The highest BCUT2D eigenvalue weighted by Crippen LogP contribution is 2.33. The lowest BCUT2D eigenvalue weighted by Gasteiger charge is -2.11. The number of pyridine rings is 1. The van der Waals surface area contributed by atoms with Gasteiger partial charge in [0.2, 0.25) is 0 Å². The highest BCUT2D eigenvalue weighted by Gasteiger charge is 2.16. The van der Waals surface area contributed by atoms with Crippen LogP contribution >= 0.6 is 11.6 Å². The normalized spacial score (nSPS) is 11.1. The molecule has 2 aromatic carbocycles. The van der Waals surface area contributed by atoms with Crippen molar-refractivity contribution in [3.8, 4) is 6.07 Å². The van der Waals surface area contributed by atoms with Gasteiger partial charge >= 0.3 is 0 Å². The molecule has 3 aromatic rings. The van der Waals surface area contributed by atoms with Gasteiger partial charge in [0.15, 0.2) is 5.82 Å². The second-order valence-electron chi connectivity index (χ2n) is 7.66. The minimum absolute atomic E-state index is 0.249. The number of benzene rings is 2. The molecule has 1 aromatic heterocycles. The van der Waals surface area contributed by atoms with Crippen LogP contribution in [0.5, 0.6) is 0 Å². The zero-order chi connectivity index (χ0) is 22.4. The number of aryl methyl sites for hydroxylation is 2. The van der Waals surface area contributed by atoms with E-state index < -0.39 is 0 Å². The number of unbranched alkanes of at least 4 members (excludes halogenated alkanes) is 1. The van der Waals surface area contributed by atoms with Crippen molar-refractivity contribution in [2.24, 2.45) is 10.2 Å². The number of hydrogen-bond donors (Lipinski definition) is 1. The topological polar surface area (TPSA) is 87.4 Å². The van der Waals surface area contributed by atoms with Crippen molar-refractivity contribution < 1.29 is 0 Å². The Hall–Kier alpha value is -3.23. The van der Waals surface area contributed by atoms with E-state index in [-0.39, 0.29) is 5.82 Å².